The van der Waals surface area contributed by atoms with Crippen LogP contribution in [0.2, 0.25) is 0 Å². The Hall–Kier alpha value is -1.86. The normalized spacial score (nSPS) is 21.7. The standard InChI is InChI=1S/C16H22FN3O3/c1-2-18-10-13-11-20(16(21)23-13)12-3-4-15(14(17)9-12)19-5-7-22-8-6-19/h3-4,9,13,18H,2,5-8,10-11H2,1H3/t13-/m0/s1. The van der Waals surface area contributed by atoms with Crippen molar-refractivity contribution >= 4 is 17.5 Å². The van der Waals surface area contributed by atoms with Gasteiger partial charge in [0.25, 0.3) is 0 Å². The van der Waals surface area contributed by atoms with Crippen molar-refractivity contribution in [1.29, 1.82) is 0 Å². The summed E-state index contributed by atoms with van der Waals surface area (Å²) in [7, 11) is 0. The van der Waals surface area contributed by atoms with Crippen LogP contribution in [0.5, 0.6) is 0 Å². The quantitative estimate of drug-likeness (QED) is 0.892. The van der Waals surface area contributed by atoms with Crippen LogP contribution in [0.1, 0.15) is 6.92 Å². The zero-order chi connectivity index (χ0) is 16.2. The maximum absolute atomic E-state index is 14.4. The predicted octanol–water partition coefficient (Wildman–Crippen LogP) is 1.60. The largest absolute Gasteiger partial charge is 0.443 e. The third-order valence-corrected chi connectivity index (χ3v) is 4.09. The molecule has 0 aromatic heterocycles. The lowest BCUT2D eigenvalue weighted by atomic mass is 10.2. The second-order valence-corrected chi connectivity index (χ2v) is 5.66. The highest BCUT2D eigenvalue weighted by Gasteiger charge is 2.32. The molecule has 7 heteroatoms. The number of ether oxygens (including phenoxy) is 2. The number of hydrogen-bond donors (Lipinski definition) is 1. The van der Waals surface area contributed by atoms with Gasteiger partial charge in [0.05, 0.1) is 31.1 Å². The van der Waals surface area contributed by atoms with E-state index in [1.165, 1.54) is 11.0 Å². The fraction of sp³-hybridized carbons (Fsp3) is 0.562. The number of morpholine rings is 1. The van der Waals surface area contributed by atoms with Crippen molar-refractivity contribution in [2.75, 3.05) is 55.7 Å². The summed E-state index contributed by atoms with van der Waals surface area (Å²) in [5.41, 5.74) is 1.08. The van der Waals surface area contributed by atoms with E-state index in [0.717, 1.165) is 6.54 Å². The highest BCUT2D eigenvalue weighted by Crippen LogP contribution is 2.28. The molecule has 3 rings (SSSR count). The summed E-state index contributed by atoms with van der Waals surface area (Å²) in [6.45, 7) is 6.40. The summed E-state index contributed by atoms with van der Waals surface area (Å²) in [5.74, 6) is -0.327. The van der Waals surface area contributed by atoms with Crippen LogP contribution in [0.4, 0.5) is 20.6 Å². The van der Waals surface area contributed by atoms with E-state index in [0.29, 0.717) is 50.8 Å². The lowest BCUT2D eigenvalue weighted by molar-refractivity contribution is 0.122. The smallest absolute Gasteiger partial charge is 0.414 e. The molecule has 0 aliphatic carbocycles. The Labute approximate surface area is 135 Å². The summed E-state index contributed by atoms with van der Waals surface area (Å²) < 4.78 is 25.0. The van der Waals surface area contributed by atoms with E-state index < -0.39 is 6.09 Å². The van der Waals surface area contributed by atoms with E-state index in [1.54, 1.807) is 12.1 Å². The van der Waals surface area contributed by atoms with Gasteiger partial charge in [-0.15, -0.1) is 0 Å². The Balaban J connectivity index is 1.71. The van der Waals surface area contributed by atoms with Crippen molar-refractivity contribution in [2.45, 2.75) is 13.0 Å². The molecule has 0 saturated carbocycles. The first-order valence-corrected chi connectivity index (χ1v) is 8.00. The first-order valence-electron chi connectivity index (χ1n) is 8.00. The summed E-state index contributed by atoms with van der Waals surface area (Å²) in [5, 5.41) is 3.15. The van der Waals surface area contributed by atoms with Gasteiger partial charge in [-0.05, 0) is 24.7 Å². The first kappa shape index (κ1) is 16.0. The number of hydrogen-bond acceptors (Lipinski definition) is 5. The Bertz CT molecular complexity index is 564. The minimum atomic E-state index is -0.425. The molecule has 1 N–H and O–H groups in total. The van der Waals surface area contributed by atoms with E-state index in [4.69, 9.17) is 9.47 Å². The van der Waals surface area contributed by atoms with Gasteiger partial charge in [0.1, 0.15) is 11.9 Å². The van der Waals surface area contributed by atoms with E-state index in [9.17, 15) is 9.18 Å². The first-order chi connectivity index (χ1) is 11.2. The monoisotopic (exact) mass is 323 g/mol. The van der Waals surface area contributed by atoms with Gasteiger partial charge in [-0.2, -0.15) is 0 Å². The van der Waals surface area contributed by atoms with Gasteiger partial charge in [-0.25, -0.2) is 9.18 Å². The van der Waals surface area contributed by atoms with E-state index in [-0.39, 0.29) is 11.9 Å². The van der Waals surface area contributed by atoms with Crippen LogP contribution in [-0.2, 0) is 9.47 Å². The minimum Gasteiger partial charge on any atom is -0.443 e. The number of likely N-dealkylation sites (N-methyl/N-ethyl adjacent to an activating group) is 1. The Kier molecular flexibility index (Phi) is 4.97. The average Bonchev–Trinajstić information content (AvgIpc) is 2.94. The van der Waals surface area contributed by atoms with Crippen molar-refractivity contribution in [3.63, 3.8) is 0 Å². The van der Waals surface area contributed by atoms with Gasteiger partial charge < -0.3 is 19.7 Å². The summed E-state index contributed by atoms with van der Waals surface area (Å²) >= 11 is 0. The Morgan fingerprint density at radius 2 is 2.13 bits per heavy atom. The molecule has 2 aliphatic rings. The molecule has 1 amide bonds. The predicted molar refractivity (Wildman–Crippen MR) is 85.6 cm³/mol. The van der Waals surface area contributed by atoms with Crippen LogP contribution < -0.4 is 15.1 Å². The van der Waals surface area contributed by atoms with Gasteiger partial charge >= 0.3 is 6.09 Å². The molecule has 1 atom stereocenters. The van der Waals surface area contributed by atoms with Crippen LogP contribution >= 0.6 is 0 Å². The van der Waals surface area contributed by atoms with E-state index in [2.05, 4.69) is 5.32 Å². The number of amides is 1. The molecule has 0 radical (unpaired) electrons. The number of carbonyl (C=O) groups is 1. The van der Waals surface area contributed by atoms with E-state index >= 15 is 0 Å². The van der Waals surface area contributed by atoms with Crippen molar-refractivity contribution in [3.05, 3.63) is 24.0 Å². The second kappa shape index (κ2) is 7.14. The zero-order valence-electron chi connectivity index (χ0n) is 13.3. The molecular weight excluding hydrogens is 301 g/mol. The summed E-state index contributed by atoms with van der Waals surface area (Å²) in [6.07, 6.45) is -0.629. The second-order valence-electron chi connectivity index (χ2n) is 5.66. The molecule has 0 unspecified atom stereocenters. The molecule has 2 aliphatic heterocycles. The van der Waals surface area contributed by atoms with Gasteiger partial charge in [-0.3, -0.25) is 4.90 Å². The average molecular weight is 323 g/mol. The topological polar surface area (TPSA) is 54.0 Å². The number of halogens is 1. The van der Waals surface area contributed by atoms with Gasteiger partial charge in [0, 0.05) is 19.6 Å². The van der Waals surface area contributed by atoms with Gasteiger partial charge in [0.15, 0.2) is 0 Å². The van der Waals surface area contributed by atoms with Crippen molar-refractivity contribution in [2.24, 2.45) is 0 Å². The SMILES string of the molecule is CCNC[C@H]1CN(c2ccc(N3CCOCC3)c(F)c2)C(=O)O1. The molecule has 1 aromatic carbocycles. The minimum absolute atomic E-state index is 0.204. The number of nitrogens with zero attached hydrogens (tertiary/aromatic N) is 2. The molecule has 23 heavy (non-hydrogen) atoms. The van der Waals surface area contributed by atoms with Crippen LogP contribution in [0.3, 0.4) is 0 Å². The fourth-order valence-corrected chi connectivity index (χ4v) is 2.87. The van der Waals surface area contributed by atoms with Crippen molar-refractivity contribution in [3.8, 4) is 0 Å². The molecule has 0 spiro atoms. The molecular formula is C16H22FN3O3. The Morgan fingerprint density at radius 1 is 1.35 bits per heavy atom. The zero-order valence-corrected chi connectivity index (χ0v) is 13.3. The lowest BCUT2D eigenvalue weighted by Gasteiger charge is -2.29. The number of cyclic esters (lactones) is 1. The highest BCUT2D eigenvalue weighted by molar-refractivity contribution is 5.90. The molecule has 2 fully saturated rings. The number of benzene rings is 1. The molecule has 1 aromatic rings. The maximum Gasteiger partial charge on any atom is 0.414 e. The number of anilines is 2. The third-order valence-electron chi connectivity index (χ3n) is 4.09. The maximum atomic E-state index is 14.4. The molecule has 126 valence electrons. The third kappa shape index (κ3) is 3.56. The molecule has 2 saturated heterocycles. The van der Waals surface area contributed by atoms with Gasteiger partial charge in [-0.1, -0.05) is 6.92 Å². The van der Waals surface area contributed by atoms with Crippen LogP contribution in [-0.4, -0.2) is 58.1 Å². The molecule has 2 heterocycles. The van der Waals surface area contributed by atoms with Crippen LogP contribution in [0, 0.1) is 5.82 Å². The van der Waals surface area contributed by atoms with Crippen molar-refractivity contribution < 1.29 is 18.7 Å². The summed E-state index contributed by atoms with van der Waals surface area (Å²) in [6, 6.07) is 4.90. The fourth-order valence-electron chi connectivity index (χ4n) is 2.87. The number of rotatable bonds is 5. The van der Waals surface area contributed by atoms with Crippen molar-refractivity contribution in [1.82, 2.24) is 5.32 Å². The Morgan fingerprint density at radius 3 is 2.83 bits per heavy atom. The lowest BCUT2D eigenvalue weighted by Crippen LogP contribution is -2.36. The van der Waals surface area contributed by atoms with Crippen LogP contribution in [0.15, 0.2) is 18.2 Å². The highest BCUT2D eigenvalue weighted by atomic mass is 19.1. The van der Waals surface area contributed by atoms with Gasteiger partial charge in [0.2, 0.25) is 0 Å². The summed E-state index contributed by atoms with van der Waals surface area (Å²) in [4.78, 5) is 15.4. The molecule has 6 nitrogen and oxygen atoms in total. The number of carbonyl (C=O) groups excluding carboxylic acids is 1. The molecule has 0 bridgehead atoms. The van der Waals surface area contributed by atoms with Crippen LogP contribution in [0.25, 0.3) is 0 Å². The van der Waals surface area contributed by atoms with E-state index in [1.807, 2.05) is 11.8 Å². The number of nitrogens with one attached hydrogen (secondary N) is 1.